The van der Waals surface area contributed by atoms with Crippen LogP contribution in [0.4, 0.5) is 4.79 Å². The van der Waals surface area contributed by atoms with Crippen LogP contribution in [0.5, 0.6) is 0 Å². The molecule has 10 nitrogen and oxygen atoms in total. The summed E-state index contributed by atoms with van der Waals surface area (Å²) in [7, 11) is 1.00. The Morgan fingerprint density at radius 1 is 1.16 bits per heavy atom. The molecule has 0 aromatic carbocycles. The largest absolute Gasteiger partial charge is 0.442 e. The SMILES string of the molecule is C=CCCC(C)CC(CC)CC(=O)N1CCCC1C(=O)NC1(C(=O)NSC2(C)CC2)CC1.C=NC(=O)OC(C)(C)C.CC.CO. The molecule has 1 aliphatic heterocycles. The van der Waals surface area contributed by atoms with E-state index in [0.717, 1.165) is 52.1 Å². The van der Waals surface area contributed by atoms with Gasteiger partial charge in [-0.2, -0.15) is 4.99 Å². The van der Waals surface area contributed by atoms with Gasteiger partial charge in [-0.05, 0) is 116 Å². The molecule has 3 aliphatic rings. The number of rotatable bonds is 13. The zero-order chi connectivity index (χ0) is 34.8. The number of hydrogen-bond acceptors (Lipinski definition) is 7. The van der Waals surface area contributed by atoms with Crippen molar-refractivity contribution in [3.8, 4) is 0 Å². The van der Waals surface area contributed by atoms with Crippen molar-refractivity contribution in [3.63, 3.8) is 0 Å². The van der Waals surface area contributed by atoms with Crippen molar-refractivity contribution in [2.24, 2.45) is 16.8 Å². The lowest BCUT2D eigenvalue weighted by Gasteiger charge is -2.28. The van der Waals surface area contributed by atoms with Crippen LogP contribution in [0.3, 0.4) is 0 Å². The number of aliphatic hydroxyl groups is 1. The van der Waals surface area contributed by atoms with Gasteiger partial charge >= 0.3 is 6.09 Å². The zero-order valence-corrected chi connectivity index (χ0v) is 30.3. The molecule has 3 unspecified atom stereocenters. The van der Waals surface area contributed by atoms with Crippen LogP contribution in [0, 0.1) is 11.8 Å². The van der Waals surface area contributed by atoms with Crippen LogP contribution in [-0.2, 0) is 19.1 Å². The fraction of sp³-hybridized carbons (Fsp3) is 0.794. The van der Waals surface area contributed by atoms with Gasteiger partial charge in [0.1, 0.15) is 17.2 Å². The van der Waals surface area contributed by atoms with Crippen molar-refractivity contribution in [1.29, 1.82) is 0 Å². The number of aliphatic hydroxyl groups excluding tert-OH is 1. The van der Waals surface area contributed by atoms with Crippen LogP contribution >= 0.6 is 11.9 Å². The lowest BCUT2D eigenvalue weighted by Crippen LogP contribution is -2.54. The number of amides is 4. The van der Waals surface area contributed by atoms with Crippen LogP contribution in [0.15, 0.2) is 17.6 Å². The molecule has 0 aromatic heterocycles. The molecular formula is C34H62N4O6S. The van der Waals surface area contributed by atoms with Crippen molar-refractivity contribution in [2.75, 3.05) is 13.7 Å². The van der Waals surface area contributed by atoms with Gasteiger partial charge in [0.2, 0.25) is 11.8 Å². The fourth-order valence-corrected chi connectivity index (χ4v) is 5.72. The maximum atomic E-state index is 13.1. The minimum atomic E-state index is -0.779. The summed E-state index contributed by atoms with van der Waals surface area (Å²) in [6, 6.07) is -0.447. The van der Waals surface area contributed by atoms with Gasteiger partial charge in [0.25, 0.3) is 5.91 Å². The van der Waals surface area contributed by atoms with Crippen LogP contribution in [-0.4, -0.2) is 76.1 Å². The first-order chi connectivity index (χ1) is 21.2. The van der Waals surface area contributed by atoms with Crippen LogP contribution < -0.4 is 10.0 Å². The molecule has 1 heterocycles. The molecule has 3 rings (SSSR count). The van der Waals surface area contributed by atoms with Gasteiger partial charge in [-0.1, -0.05) is 40.2 Å². The second-order valence-corrected chi connectivity index (χ2v) is 14.5. The Morgan fingerprint density at radius 2 is 1.76 bits per heavy atom. The third-order valence-corrected chi connectivity index (χ3v) is 9.12. The Morgan fingerprint density at radius 3 is 2.20 bits per heavy atom. The number of allylic oxidation sites excluding steroid dienone is 1. The topological polar surface area (TPSA) is 137 Å². The van der Waals surface area contributed by atoms with E-state index in [1.54, 1.807) is 25.7 Å². The second-order valence-electron chi connectivity index (χ2n) is 13.1. The highest BCUT2D eigenvalue weighted by atomic mass is 32.2. The third-order valence-electron chi connectivity index (χ3n) is 7.93. The summed E-state index contributed by atoms with van der Waals surface area (Å²) in [6.07, 6.45) is 11.0. The maximum Gasteiger partial charge on any atom is 0.433 e. The zero-order valence-electron chi connectivity index (χ0n) is 29.5. The monoisotopic (exact) mass is 654 g/mol. The molecule has 3 N–H and O–H groups in total. The summed E-state index contributed by atoms with van der Waals surface area (Å²) < 4.78 is 7.84. The predicted octanol–water partition coefficient (Wildman–Crippen LogP) is 6.61. The Hall–Kier alpha value is -2.40. The Bertz CT molecular complexity index is 959. The van der Waals surface area contributed by atoms with Crippen molar-refractivity contribution >= 4 is 42.5 Å². The van der Waals surface area contributed by atoms with Gasteiger partial charge in [0.15, 0.2) is 0 Å². The summed E-state index contributed by atoms with van der Waals surface area (Å²) in [5, 5.41) is 10.0. The van der Waals surface area contributed by atoms with Gasteiger partial charge in [0.05, 0.1) is 0 Å². The molecule has 45 heavy (non-hydrogen) atoms. The first kappa shape index (κ1) is 42.6. The number of carbonyl (C=O) groups excluding carboxylic acids is 4. The number of likely N-dealkylation sites (tertiary alicyclic amines) is 1. The van der Waals surface area contributed by atoms with Crippen molar-refractivity contribution in [3.05, 3.63) is 12.7 Å². The van der Waals surface area contributed by atoms with E-state index in [1.165, 1.54) is 11.9 Å². The van der Waals surface area contributed by atoms with Crippen molar-refractivity contribution in [2.45, 2.75) is 148 Å². The summed E-state index contributed by atoms with van der Waals surface area (Å²) in [5.41, 5.74) is -1.24. The molecule has 260 valence electrons. The smallest absolute Gasteiger partial charge is 0.433 e. The van der Waals surface area contributed by atoms with Gasteiger partial charge in [-0.3, -0.25) is 19.1 Å². The lowest BCUT2D eigenvalue weighted by atomic mass is 9.88. The van der Waals surface area contributed by atoms with E-state index in [4.69, 9.17) is 9.84 Å². The summed E-state index contributed by atoms with van der Waals surface area (Å²) >= 11 is 1.48. The molecule has 2 saturated carbocycles. The minimum absolute atomic E-state index is 0.0805. The molecule has 3 fully saturated rings. The van der Waals surface area contributed by atoms with E-state index < -0.39 is 23.3 Å². The molecule has 11 heteroatoms. The molecule has 3 atom stereocenters. The lowest BCUT2D eigenvalue weighted by molar-refractivity contribution is -0.140. The third kappa shape index (κ3) is 16.1. The van der Waals surface area contributed by atoms with Gasteiger partial charge in [-0.15, -0.1) is 6.58 Å². The fourth-order valence-electron chi connectivity index (χ4n) is 4.88. The van der Waals surface area contributed by atoms with Crippen LogP contribution in [0.2, 0.25) is 0 Å². The molecular weight excluding hydrogens is 592 g/mol. The maximum absolute atomic E-state index is 13.1. The first-order valence-electron chi connectivity index (χ1n) is 16.5. The van der Waals surface area contributed by atoms with Gasteiger partial charge in [0, 0.05) is 24.8 Å². The average Bonchev–Trinajstić information content (AvgIpc) is 3.90. The molecule has 1 saturated heterocycles. The van der Waals surface area contributed by atoms with Gasteiger partial charge in [-0.25, -0.2) is 4.79 Å². The van der Waals surface area contributed by atoms with E-state index in [0.29, 0.717) is 44.1 Å². The van der Waals surface area contributed by atoms with Crippen LogP contribution in [0.1, 0.15) is 126 Å². The second kappa shape index (κ2) is 20.7. The van der Waals surface area contributed by atoms with E-state index in [2.05, 4.69) is 49.1 Å². The normalized spacial score (nSPS) is 19.7. The highest BCUT2D eigenvalue weighted by Crippen LogP contribution is 2.47. The Balaban J connectivity index is 0.00000127. The highest BCUT2D eigenvalue weighted by Gasteiger charge is 2.53. The molecule has 0 aromatic rings. The Labute approximate surface area is 277 Å². The van der Waals surface area contributed by atoms with Crippen molar-refractivity contribution in [1.82, 2.24) is 14.9 Å². The quantitative estimate of drug-likeness (QED) is 0.115. The van der Waals surface area contributed by atoms with E-state index in [-0.39, 0.29) is 22.5 Å². The Kier molecular flexibility index (Phi) is 19.6. The molecule has 0 spiro atoms. The molecule has 0 radical (unpaired) electrons. The van der Waals surface area contributed by atoms with E-state index in [9.17, 15) is 19.2 Å². The summed E-state index contributed by atoms with van der Waals surface area (Å²) in [4.78, 5) is 54.1. The molecule has 2 aliphatic carbocycles. The number of carbonyl (C=O) groups is 4. The van der Waals surface area contributed by atoms with E-state index >= 15 is 0 Å². The van der Waals surface area contributed by atoms with Gasteiger partial charge < -0.3 is 20.1 Å². The summed E-state index contributed by atoms with van der Waals surface area (Å²) in [5.74, 6) is 0.718. The predicted molar refractivity (Wildman–Crippen MR) is 185 cm³/mol. The van der Waals surface area contributed by atoms with Crippen LogP contribution in [0.25, 0.3) is 0 Å². The number of aliphatic imine (C=N–C) groups is 1. The first-order valence-corrected chi connectivity index (χ1v) is 17.3. The van der Waals surface area contributed by atoms with Crippen molar-refractivity contribution < 1.29 is 29.0 Å². The minimum Gasteiger partial charge on any atom is -0.442 e. The number of hydrogen-bond donors (Lipinski definition) is 3. The van der Waals surface area contributed by atoms with E-state index in [1.807, 2.05) is 19.9 Å². The summed E-state index contributed by atoms with van der Waals surface area (Å²) in [6.45, 7) is 23.3. The highest BCUT2D eigenvalue weighted by molar-refractivity contribution is 7.99. The number of ether oxygens (including phenoxy) is 1. The average molecular weight is 655 g/mol. The molecule has 4 amide bonds. The molecule has 0 bridgehead atoms. The standard InChI is InChI=1S/C25H41N3O3S.C6H11NO2.C2H6.CH4O/c1-5-7-9-18(3)16-19(6-2)17-21(29)28-15-8-10-20(28)22(30)26-25(13-14-25)23(31)27-32-24(4)11-12-24;1-6(2,3)9-5(8)7-4;2*1-2/h5,18-20H,1,6-17H2,2-4H3,(H,26,30)(H,27,31);4H2,1-3H3;1-2H3;2H,1H3. The number of nitrogens with zero attached hydrogens (tertiary/aromatic N) is 2. The number of nitrogens with one attached hydrogen (secondary N) is 2.